The van der Waals surface area contributed by atoms with Gasteiger partial charge in [0.2, 0.25) is 11.8 Å². The van der Waals surface area contributed by atoms with Crippen LogP contribution in [0.2, 0.25) is 0 Å². The maximum atomic E-state index is 13.7. The number of nitrogens with one attached hydrogen (secondary N) is 1. The molecule has 9 heteroatoms. The number of fused-ring (bicyclic) bond motifs is 6. The molecule has 6 rings (SSSR count). The summed E-state index contributed by atoms with van der Waals surface area (Å²) in [4.78, 5) is 24.4. The third kappa shape index (κ3) is 4.39. The average Bonchev–Trinajstić information content (AvgIpc) is 2.90. The molecule has 0 aliphatic carbocycles. The van der Waals surface area contributed by atoms with Crippen LogP contribution < -0.4 is 9.46 Å². The molecule has 2 aliphatic rings. The van der Waals surface area contributed by atoms with Gasteiger partial charge in [0.15, 0.2) is 0 Å². The summed E-state index contributed by atoms with van der Waals surface area (Å²) in [6, 6.07) is 21.5. The molecule has 0 radical (unpaired) electrons. The highest BCUT2D eigenvalue weighted by Gasteiger charge is 2.32. The van der Waals surface area contributed by atoms with Crippen molar-refractivity contribution in [2.75, 3.05) is 11.3 Å². The van der Waals surface area contributed by atoms with Gasteiger partial charge >= 0.3 is 0 Å². The fourth-order valence-electron chi connectivity index (χ4n) is 5.19. The van der Waals surface area contributed by atoms with Crippen molar-refractivity contribution >= 4 is 21.9 Å². The fourth-order valence-corrected chi connectivity index (χ4v) is 6.18. The molecule has 0 fully saturated rings. The summed E-state index contributed by atoms with van der Waals surface area (Å²) in [5.41, 5.74) is 5.94. The van der Waals surface area contributed by atoms with Crippen LogP contribution in [0.25, 0.3) is 11.3 Å². The lowest BCUT2D eigenvalue weighted by atomic mass is 9.93. The number of nitrogens with zero attached hydrogens (tertiary/aromatic N) is 3. The highest BCUT2D eigenvalue weighted by Crippen LogP contribution is 2.31. The summed E-state index contributed by atoms with van der Waals surface area (Å²) in [5.74, 6) is -0.118. The van der Waals surface area contributed by atoms with Crippen LogP contribution in [0.4, 0.5) is 5.95 Å². The molecule has 192 valence electrons. The van der Waals surface area contributed by atoms with E-state index in [0.717, 1.165) is 27.8 Å². The second-order valence-electron chi connectivity index (χ2n) is 9.69. The molecule has 2 aliphatic heterocycles. The van der Waals surface area contributed by atoms with Crippen molar-refractivity contribution in [1.82, 2.24) is 14.9 Å². The number of carbonyl (C=O) groups is 1. The van der Waals surface area contributed by atoms with Crippen LogP contribution in [-0.4, -0.2) is 41.8 Å². The molecule has 1 atom stereocenters. The Balaban J connectivity index is 1.50. The topological polar surface area (TPSA) is 101 Å². The molecule has 3 aromatic carbocycles. The standard InChI is InChI=1S/C29H26N4O4S/c1-18-7-5-8-19(2)27(18)25-15-26-31-29(30-25)32-38(35,36)24-12-6-11-21(14-24)28(34)33-16-22-10-4-3-9-20(22)13-23(33)17-37-26/h3-12,14-15,23H,13,16-17H2,1-2H3,(H,30,31,32)/t23-/m1/s1. The van der Waals surface area contributed by atoms with E-state index in [9.17, 15) is 13.2 Å². The van der Waals surface area contributed by atoms with Crippen molar-refractivity contribution in [3.8, 4) is 17.1 Å². The molecule has 8 nitrogen and oxygen atoms in total. The lowest BCUT2D eigenvalue weighted by molar-refractivity contribution is 0.0562. The Morgan fingerprint density at radius 1 is 0.921 bits per heavy atom. The predicted molar refractivity (Wildman–Crippen MR) is 143 cm³/mol. The van der Waals surface area contributed by atoms with Crippen molar-refractivity contribution in [3.05, 3.63) is 101 Å². The SMILES string of the molecule is Cc1cccc(C)c1-c1cc2nc(n1)NS(=O)(=O)c1cccc(c1)C(=O)N1Cc3ccccc3C[C@@H]1CO2. The molecule has 0 unspecified atom stereocenters. The van der Waals surface area contributed by atoms with Crippen molar-refractivity contribution in [2.24, 2.45) is 0 Å². The van der Waals surface area contributed by atoms with Gasteiger partial charge in [-0.15, -0.1) is 0 Å². The van der Waals surface area contributed by atoms with Crippen LogP contribution in [0.5, 0.6) is 5.88 Å². The van der Waals surface area contributed by atoms with E-state index < -0.39 is 10.0 Å². The number of amides is 1. The maximum Gasteiger partial charge on any atom is 0.264 e. The van der Waals surface area contributed by atoms with E-state index in [0.29, 0.717) is 24.2 Å². The quantitative estimate of drug-likeness (QED) is 0.391. The van der Waals surface area contributed by atoms with Gasteiger partial charge in [-0.05, 0) is 60.7 Å². The first-order valence-electron chi connectivity index (χ1n) is 12.4. The highest BCUT2D eigenvalue weighted by atomic mass is 32.2. The van der Waals surface area contributed by atoms with E-state index >= 15 is 0 Å². The number of rotatable bonds is 1. The van der Waals surface area contributed by atoms with Crippen molar-refractivity contribution < 1.29 is 17.9 Å². The van der Waals surface area contributed by atoms with Crippen LogP contribution in [0.3, 0.4) is 0 Å². The second-order valence-corrected chi connectivity index (χ2v) is 11.4. The third-order valence-corrected chi connectivity index (χ3v) is 8.42. The summed E-state index contributed by atoms with van der Waals surface area (Å²) in [6.45, 7) is 4.55. The van der Waals surface area contributed by atoms with E-state index in [-0.39, 0.29) is 35.3 Å². The van der Waals surface area contributed by atoms with Gasteiger partial charge in [0, 0.05) is 23.7 Å². The van der Waals surface area contributed by atoms with E-state index in [2.05, 4.69) is 20.8 Å². The normalized spacial score (nSPS) is 18.0. The smallest absolute Gasteiger partial charge is 0.264 e. The van der Waals surface area contributed by atoms with Gasteiger partial charge in [-0.3, -0.25) is 4.79 Å². The third-order valence-electron chi connectivity index (χ3n) is 7.10. The van der Waals surface area contributed by atoms with Gasteiger partial charge < -0.3 is 9.64 Å². The van der Waals surface area contributed by atoms with Gasteiger partial charge in [0.25, 0.3) is 15.9 Å². The second kappa shape index (κ2) is 9.25. The van der Waals surface area contributed by atoms with Gasteiger partial charge in [-0.1, -0.05) is 48.5 Å². The van der Waals surface area contributed by atoms with Crippen molar-refractivity contribution in [2.45, 2.75) is 37.8 Å². The Morgan fingerprint density at radius 3 is 2.45 bits per heavy atom. The summed E-state index contributed by atoms with van der Waals surface area (Å²) < 4.78 is 35.4. The molecule has 4 bridgehead atoms. The molecule has 38 heavy (non-hydrogen) atoms. The Hall–Kier alpha value is -4.24. The Bertz CT molecular complexity index is 1670. The summed E-state index contributed by atoms with van der Waals surface area (Å²) >= 11 is 0. The molecule has 1 N–H and O–H groups in total. The molecule has 0 saturated carbocycles. The van der Waals surface area contributed by atoms with Gasteiger partial charge in [-0.2, -0.15) is 4.98 Å². The minimum absolute atomic E-state index is 0.0416. The molecule has 1 aromatic heterocycles. The number of sulfonamides is 1. The number of aryl methyl sites for hydroxylation is 2. The number of hydrogen-bond donors (Lipinski definition) is 1. The minimum Gasteiger partial charge on any atom is -0.475 e. The van der Waals surface area contributed by atoms with Crippen molar-refractivity contribution in [1.29, 1.82) is 0 Å². The summed E-state index contributed by atoms with van der Waals surface area (Å²) in [7, 11) is -4.08. The van der Waals surface area contributed by atoms with Crippen LogP contribution >= 0.6 is 0 Å². The zero-order valence-electron chi connectivity index (χ0n) is 21.0. The zero-order valence-corrected chi connectivity index (χ0v) is 21.8. The number of anilines is 1. The number of carbonyl (C=O) groups excluding carboxylic acids is 1. The van der Waals surface area contributed by atoms with Gasteiger partial charge in [-0.25, -0.2) is 18.1 Å². The first-order chi connectivity index (χ1) is 18.3. The van der Waals surface area contributed by atoms with E-state index in [1.54, 1.807) is 23.1 Å². The molecule has 0 saturated heterocycles. The molecular weight excluding hydrogens is 500 g/mol. The first kappa shape index (κ1) is 24.1. The molecule has 1 amide bonds. The maximum absolute atomic E-state index is 13.7. The van der Waals surface area contributed by atoms with Crippen molar-refractivity contribution in [3.63, 3.8) is 0 Å². The molecular formula is C29H26N4O4S. The monoisotopic (exact) mass is 526 g/mol. The largest absolute Gasteiger partial charge is 0.475 e. The number of hydrogen-bond acceptors (Lipinski definition) is 6. The van der Waals surface area contributed by atoms with E-state index in [1.165, 1.54) is 12.1 Å². The molecule has 4 aromatic rings. The molecule has 0 spiro atoms. The first-order valence-corrected chi connectivity index (χ1v) is 13.9. The van der Waals surface area contributed by atoms with E-state index in [1.807, 2.05) is 50.2 Å². The summed E-state index contributed by atoms with van der Waals surface area (Å²) in [6.07, 6.45) is 0.611. The molecule has 3 heterocycles. The van der Waals surface area contributed by atoms with Crippen LogP contribution in [-0.2, 0) is 23.0 Å². The summed E-state index contributed by atoms with van der Waals surface area (Å²) in [5, 5.41) is 0. The number of ether oxygens (including phenoxy) is 1. The Labute approximate surface area is 221 Å². The van der Waals surface area contributed by atoms with Crippen LogP contribution in [0.1, 0.15) is 32.6 Å². The average molecular weight is 527 g/mol. The van der Waals surface area contributed by atoms with Crippen LogP contribution in [0, 0.1) is 13.8 Å². The van der Waals surface area contributed by atoms with Crippen LogP contribution in [0.15, 0.2) is 77.7 Å². The van der Waals surface area contributed by atoms with Gasteiger partial charge in [0.05, 0.1) is 16.6 Å². The number of benzene rings is 3. The lowest BCUT2D eigenvalue weighted by Crippen LogP contribution is -2.47. The Kier molecular flexibility index (Phi) is 5.87. The number of aromatic nitrogens is 2. The zero-order chi connectivity index (χ0) is 26.4. The lowest BCUT2D eigenvalue weighted by Gasteiger charge is -2.36. The van der Waals surface area contributed by atoms with Gasteiger partial charge in [0.1, 0.15) is 6.61 Å². The minimum atomic E-state index is -4.08. The predicted octanol–water partition coefficient (Wildman–Crippen LogP) is 4.52. The Morgan fingerprint density at radius 2 is 1.66 bits per heavy atom. The highest BCUT2D eigenvalue weighted by molar-refractivity contribution is 7.92. The van der Waals surface area contributed by atoms with E-state index in [4.69, 9.17) is 4.74 Å². The fraction of sp³-hybridized carbons (Fsp3) is 0.207.